The first-order chi connectivity index (χ1) is 22.2. The van der Waals surface area contributed by atoms with Crippen molar-refractivity contribution in [2.24, 2.45) is 5.73 Å². The highest BCUT2D eigenvalue weighted by atomic mass is 35.5. The Morgan fingerprint density at radius 2 is 1.91 bits per heavy atom. The molecule has 4 aromatic rings. The van der Waals surface area contributed by atoms with Crippen LogP contribution >= 0.6 is 11.6 Å². The van der Waals surface area contributed by atoms with Crippen molar-refractivity contribution < 1.29 is 41.7 Å². The molecule has 15 heteroatoms. The van der Waals surface area contributed by atoms with E-state index in [1.165, 1.54) is 25.1 Å². The third-order valence-electron chi connectivity index (χ3n) is 8.82. The van der Waals surface area contributed by atoms with Crippen LogP contribution in [0.25, 0.3) is 16.8 Å². The highest BCUT2D eigenvalue weighted by Gasteiger charge is 2.58. The first kappa shape index (κ1) is 31.2. The summed E-state index contributed by atoms with van der Waals surface area (Å²) < 4.78 is 71.6. The second-order valence-corrected chi connectivity index (χ2v) is 12.9. The average molecular weight is 674 g/mol. The van der Waals surface area contributed by atoms with Crippen LogP contribution in [0.3, 0.4) is 0 Å². The third-order valence-corrected chi connectivity index (χ3v) is 9.13. The lowest BCUT2D eigenvalue weighted by molar-refractivity contribution is -0.265. The lowest BCUT2D eigenvalue weighted by Gasteiger charge is -2.31. The molecule has 0 unspecified atom stereocenters. The number of nitrogens with two attached hydrogens (primary N) is 1. The fourth-order valence-corrected chi connectivity index (χ4v) is 5.81. The molecule has 47 heavy (non-hydrogen) atoms. The fourth-order valence-electron chi connectivity index (χ4n) is 5.55. The van der Waals surface area contributed by atoms with Crippen LogP contribution in [0.2, 0.25) is 5.02 Å². The van der Waals surface area contributed by atoms with E-state index >= 15 is 0 Å². The topological polar surface area (TPSA) is 141 Å². The Kier molecular flexibility index (Phi) is 7.17. The van der Waals surface area contributed by atoms with E-state index < -0.39 is 47.1 Å². The minimum absolute atomic E-state index is 0.00433. The number of alkyl halides is 3. The zero-order valence-corrected chi connectivity index (χ0v) is 25.6. The lowest BCUT2D eigenvalue weighted by Crippen LogP contribution is -2.51. The Bertz CT molecular complexity index is 1960. The molecule has 0 radical (unpaired) electrons. The van der Waals surface area contributed by atoms with Crippen LogP contribution in [-0.2, 0) is 15.8 Å². The maximum atomic E-state index is 14.8. The van der Waals surface area contributed by atoms with Crippen LogP contribution in [0, 0.1) is 5.82 Å². The maximum absolute atomic E-state index is 14.8. The molecule has 2 atom stereocenters. The van der Waals surface area contributed by atoms with Crippen LogP contribution in [0.1, 0.15) is 65.8 Å². The minimum atomic E-state index is -5.39. The van der Waals surface area contributed by atoms with Gasteiger partial charge in [0.15, 0.2) is 0 Å². The molecular formula is C32H28ClF4N5O5. The van der Waals surface area contributed by atoms with Crippen LogP contribution in [0.5, 0.6) is 11.6 Å². The molecule has 4 heterocycles. The molecule has 3 aliphatic rings. The van der Waals surface area contributed by atoms with Gasteiger partial charge in [0.1, 0.15) is 35.4 Å². The number of benzene rings is 1. The number of pyridine rings is 2. The molecule has 2 amide bonds. The Hall–Kier alpha value is -4.43. The molecule has 2 fully saturated rings. The maximum Gasteiger partial charge on any atom is 0.424 e. The first-order valence-electron chi connectivity index (χ1n) is 14.9. The van der Waals surface area contributed by atoms with Crippen molar-refractivity contribution in [2.45, 2.75) is 61.8 Å². The second kappa shape index (κ2) is 10.8. The van der Waals surface area contributed by atoms with E-state index in [9.17, 15) is 32.3 Å². The van der Waals surface area contributed by atoms with E-state index in [1.807, 2.05) is 6.07 Å². The van der Waals surface area contributed by atoms with E-state index in [4.69, 9.17) is 26.8 Å². The largest absolute Gasteiger partial charge is 0.489 e. The summed E-state index contributed by atoms with van der Waals surface area (Å²) in [7, 11) is 0. The van der Waals surface area contributed by atoms with Gasteiger partial charge in [-0.2, -0.15) is 18.3 Å². The van der Waals surface area contributed by atoms with Gasteiger partial charge >= 0.3 is 6.18 Å². The van der Waals surface area contributed by atoms with Gasteiger partial charge in [0.2, 0.25) is 17.4 Å². The zero-order valence-electron chi connectivity index (χ0n) is 24.8. The number of primary amides is 1. The highest BCUT2D eigenvalue weighted by molar-refractivity contribution is 6.33. The number of amides is 2. The van der Waals surface area contributed by atoms with Gasteiger partial charge in [-0.25, -0.2) is 13.9 Å². The molecule has 10 nitrogen and oxygen atoms in total. The Morgan fingerprint density at radius 1 is 1.17 bits per heavy atom. The van der Waals surface area contributed by atoms with Crippen molar-refractivity contribution in [1.29, 1.82) is 0 Å². The average Bonchev–Trinajstić information content (AvgIpc) is 3.95. The van der Waals surface area contributed by atoms with Crippen LogP contribution < -0.4 is 20.5 Å². The number of hydrogen-bond donors (Lipinski definition) is 3. The monoisotopic (exact) mass is 673 g/mol. The quantitative estimate of drug-likeness (QED) is 0.214. The predicted octanol–water partition coefficient (Wildman–Crippen LogP) is 4.92. The molecule has 246 valence electrons. The number of nitrogens with zero attached hydrogens (tertiary/aromatic N) is 3. The fraction of sp³-hybridized carbons (Fsp3) is 0.375. The van der Waals surface area contributed by atoms with Crippen molar-refractivity contribution in [3.8, 4) is 22.9 Å². The summed E-state index contributed by atoms with van der Waals surface area (Å²) in [5.74, 6) is -2.05. The molecular weight excluding hydrogens is 646 g/mol. The number of rotatable bonds is 9. The standard InChI is InChI=1S/C32H28ClF4N5O5/c1-30(29(38)44)14-46-27-21(30)12-24(40-26(27)20-7-4-17(34)10-22(20)33)31(45,32(35,36)37)13-39-28(43)16-8-18-11-23(15-2-3-15)41-42(18)25(9-16)47-19-5-6-19/h4,7-12,15,19,45H,2-3,5-6,13-14H2,1H3,(H2,38,44)(H,39,43)/t30-,31-/m0/s1. The molecule has 1 aromatic carbocycles. The number of carbonyl (C=O) groups excluding carboxylic acids is 2. The molecule has 4 N–H and O–H groups in total. The van der Waals surface area contributed by atoms with E-state index in [0.29, 0.717) is 11.4 Å². The van der Waals surface area contributed by atoms with E-state index in [0.717, 1.165) is 49.6 Å². The molecule has 0 saturated heterocycles. The predicted molar refractivity (Wildman–Crippen MR) is 160 cm³/mol. The Morgan fingerprint density at radius 3 is 2.55 bits per heavy atom. The van der Waals surface area contributed by atoms with Crippen LogP contribution in [0.15, 0.2) is 42.5 Å². The second-order valence-electron chi connectivity index (χ2n) is 12.5. The number of ether oxygens (including phenoxy) is 2. The van der Waals surface area contributed by atoms with Crippen molar-refractivity contribution >= 4 is 28.9 Å². The van der Waals surface area contributed by atoms with E-state index in [2.05, 4.69) is 15.4 Å². The van der Waals surface area contributed by atoms with Gasteiger partial charge in [0.05, 0.1) is 28.5 Å². The van der Waals surface area contributed by atoms with Gasteiger partial charge in [0, 0.05) is 28.7 Å². The lowest BCUT2D eigenvalue weighted by atomic mass is 9.81. The van der Waals surface area contributed by atoms with Crippen molar-refractivity contribution in [1.82, 2.24) is 19.9 Å². The van der Waals surface area contributed by atoms with Gasteiger partial charge in [0.25, 0.3) is 5.91 Å². The molecule has 0 bridgehead atoms. The summed E-state index contributed by atoms with van der Waals surface area (Å²) >= 11 is 6.25. The number of aromatic nitrogens is 3. The molecule has 3 aromatic heterocycles. The molecule has 7 rings (SSSR count). The first-order valence-corrected chi connectivity index (χ1v) is 15.3. The number of carbonyl (C=O) groups is 2. The van der Waals surface area contributed by atoms with Crippen molar-refractivity contribution in [2.75, 3.05) is 13.2 Å². The number of aliphatic hydroxyl groups is 1. The molecule has 2 aliphatic carbocycles. The van der Waals surface area contributed by atoms with Gasteiger partial charge in [-0.1, -0.05) is 11.6 Å². The summed E-state index contributed by atoms with van der Waals surface area (Å²) in [6.45, 7) is -0.318. The summed E-state index contributed by atoms with van der Waals surface area (Å²) in [5, 5.41) is 18.0. The molecule has 2 saturated carbocycles. The summed E-state index contributed by atoms with van der Waals surface area (Å²) in [5.41, 5.74) is 0.272. The number of fused-ring (bicyclic) bond motifs is 2. The minimum Gasteiger partial charge on any atom is -0.489 e. The SMILES string of the molecule is C[C@]1(C(N)=O)COc2c1cc([C@@](O)(CNC(=O)c1cc(OC3CC3)n3nc(C4CC4)cc3c1)C(F)(F)F)nc2-c1ccc(F)cc1Cl. The summed E-state index contributed by atoms with van der Waals surface area (Å²) in [6.07, 6.45) is -1.81. The zero-order chi connectivity index (χ0) is 33.5. The Labute approximate surface area is 269 Å². The third kappa shape index (κ3) is 5.42. The van der Waals surface area contributed by atoms with Gasteiger partial charge in [-0.3, -0.25) is 9.59 Å². The van der Waals surface area contributed by atoms with Crippen molar-refractivity contribution in [3.63, 3.8) is 0 Å². The number of nitrogens with one attached hydrogen (secondary N) is 1. The number of halogens is 5. The van der Waals surface area contributed by atoms with Crippen LogP contribution in [0.4, 0.5) is 17.6 Å². The summed E-state index contributed by atoms with van der Waals surface area (Å²) in [6, 6.07) is 8.72. The van der Waals surface area contributed by atoms with Gasteiger partial charge in [-0.15, -0.1) is 0 Å². The highest BCUT2D eigenvalue weighted by Crippen LogP contribution is 2.49. The van der Waals surface area contributed by atoms with E-state index in [1.54, 1.807) is 4.52 Å². The summed E-state index contributed by atoms with van der Waals surface area (Å²) in [4.78, 5) is 30.0. The molecule has 0 spiro atoms. The van der Waals surface area contributed by atoms with Gasteiger partial charge in [-0.05, 0) is 69.0 Å². The van der Waals surface area contributed by atoms with Crippen molar-refractivity contribution in [3.05, 3.63) is 75.8 Å². The van der Waals surface area contributed by atoms with E-state index in [-0.39, 0.29) is 51.7 Å². The molecule has 1 aliphatic heterocycles. The normalized spacial score (nSPS) is 20.4. The number of hydrogen-bond acceptors (Lipinski definition) is 7. The van der Waals surface area contributed by atoms with Gasteiger partial charge < -0.3 is 25.6 Å². The Balaban J connectivity index is 1.28. The smallest absolute Gasteiger partial charge is 0.424 e. The van der Waals surface area contributed by atoms with Crippen LogP contribution in [-0.4, -0.2) is 57.0 Å².